The first-order valence-corrected chi connectivity index (χ1v) is 24.9. The number of likely N-dealkylation sites (tertiary alicyclic amines) is 3. The molecule has 0 spiro atoms. The van der Waals surface area contributed by atoms with Gasteiger partial charge in [0.25, 0.3) is 0 Å². The van der Waals surface area contributed by atoms with E-state index in [2.05, 4.69) is 0 Å². The second-order valence-corrected chi connectivity index (χ2v) is 23.2. The Bertz CT molecular complexity index is 2290. The molecule has 3 heterocycles. The van der Waals surface area contributed by atoms with Gasteiger partial charge in [-0.3, -0.25) is 14.5 Å². The molecule has 3 aliphatic rings. The number of ether oxygens (including phenoxy) is 6. The summed E-state index contributed by atoms with van der Waals surface area (Å²) in [5.74, 6) is -1.39. The Kier molecular flexibility index (Phi) is 16.9. The summed E-state index contributed by atoms with van der Waals surface area (Å²) in [6.07, 6.45) is 0.784. The lowest BCUT2D eigenvalue weighted by Crippen LogP contribution is -2.38. The molecule has 0 saturated carbocycles. The molecule has 0 N–H and O–H groups in total. The highest BCUT2D eigenvalue weighted by molar-refractivity contribution is 5.75. The molecule has 6 rings (SSSR count). The summed E-state index contributed by atoms with van der Waals surface area (Å²) in [5.41, 5.74) is 0.822. The van der Waals surface area contributed by atoms with Gasteiger partial charge in [-0.15, -0.1) is 0 Å². The predicted molar refractivity (Wildman–Crippen MR) is 266 cm³/mol. The Balaban J connectivity index is 1.22. The van der Waals surface area contributed by atoms with Crippen molar-refractivity contribution in [1.82, 2.24) is 14.7 Å². The average Bonchev–Trinajstić information content (AvgIpc) is 4.03. The summed E-state index contributed by atoms with van der Waals surface area (Å²) in [6, 6.07) is 24.8. The molecule has 3 fully saturated rings. The van der Waals surface area contributed by atoms with E-state index in [1.165, 1.54) is 0 Å². The molecule has 3 aromatic carbocycles. The monoisotopic (exact) mass is 968 g/mol. The van der Waals surface area contributed by atoms with Crippen molar-refractivity contribution in [2.24, 2.45) is 23.7 Å². The van der Waals surface area contributed by atoms with Crippen molar-refractivity contribution in [3.63, 3.8) is 0 Å². The quantitative estimate of drug-likeness (QED) is 0.119. The first-order chi connectivity index (χ1) is 32.7. The molecule has 0 aliphatic carbocycles. The maximum absolute atomic E-state index is 14.1. The number of amides is 3. The third-order valence-corrected chi connectivity index (χ3v) is 12.5. The first-order valence-electron chi connectivity index (χ1n) is 24.9. The molecule has 3 saturated heterocycles. The van der Waals surface area contributed by atoms with Crippen molar-refractivity contribution < 1.29 is 52.4 Å². The van der Waals surface area contributed by atoms with E-state index in [-0.39, 0.29) is 36.9 Å². The molecule has 0 radical (unpaired) electrons. The summed E-state index contributed by atoms with van der Waals surface area (Å²) in [5, 5.41) is 0. The fourth-order valence-corrected chi connectivity index (χ4v) is 9.43. The first kappa shape index (κ1) is 53.6. The molecule has 1 unspecified atom stereocenters. The van der Waals surface area contributed by atoms with Gasteiger partial charge in [0, 0.05) is 32.6 Å². The number of hydrogen-bond acceptors (Lipinski definition) is 11. The van der Waals surface area contributed by atoms with Crippen LogP contribution in [0.1, 0.15) is 131 Å². The van der Waals surface area contributed by atoms with Crippen molar-refractivity contribution >= 4 is 30.2 Å². The highest BCUT2D eigenvalue weighted by Crippen LogP contribution is 2.38. The van der Waals surface area contributed by atoms with Gasteiger partial charge in [-0.1, -0.05) is 66.7 Å². The number of nitrogens with zero attached hydrogens (tertiary/aromatic N) is 3. The zero-order valence-electron chi connectivity index (χ0n) is 43.6. The maximum Gasteiger partial charge on any atom is 0.410 e. The van der Waals surface area contributed by atoms with Crippen molar-refractivity contribution in [3.05, 3.63) is 101 Å². The van der Waals surface area contributed by atoms with Crippen LogP contribution in [0.5, 0.6) is 5.75 Å². The van der Waals surface area contributed by atoms with Gasteiger partial charge < -0.3 is 38.2 Å². The Morgan fingerprint density at radius 2 is 1.01 bits per heavy atom. The third kappa shape index (κ3) is 15.9. The molecule has 6 atom stereocenters. The molecule has 70 heavy (non-hydrogen) atoms. The van der Waals surface area contributed by atoms with Gasteiger partial charge in [0.1, 0.15) is 40.9 Å². The molecule has 0 bridgehead atoms. The number of hydrogen-bond donors (Lipinski definition) is 0. The summed E-state index contributed by atoms with van der Waals surface area (Å²) in [7, 11) is 0. The Hall–Kier alpha value is -5.79. The van der Waals surface area contributed by atoms with Gasteiger partial charge in [0.15, 0.2) is 0 Å². The van der Waals surface area contributed by atoms with Crippen LogP contribution in [0.25, 0.3) is 0 Å². The molecule has 0 aromatic heterocycles. The number of benzene rings is 3. The van der Waals surface area contributed by atoms with Crippen LogP contribution in [0, 0.1) is 23.7 Å². The van der Waals surface area contributed by atoms with Crippen LogP contribution < -0.4 is 4.74 Å². The average molecular weight is 968 g/mol. The van der Waals surface area contributed by atoms with E-state index in [4.69, 9.17) is 28.4 Å². The molecular formula is C56H77N3O11. The van der Waals surface area contributed by atoms with E-state index < -0.39 is 64.7 Å². The standard InChI is InChI=1S/C56H77N3O11/c1-53(2,3)67-48(60)45(41-24-26-57(33-41)50(62)69-55(7,8)9)30-38-20-16-22-40(28-38)47-32-44(35-59(47)52(64)65-36-37-18-14-13-15-19-37)66-43-23-17-21-39(29-43)31-46(49(61)68-54(4,5)6)42-25-27-58(34-42)51(63)70-56(10,11)12/h13-23,28-29,41-42,44-47H,24-27,30-36H2,1-12H3/t41-,42-,44-,45-,46-,47?/m0/s1. The second-order valence-electron chi connectivity index (χ2n) is 23.2. The van der Waals surface area contributed by atoms with Gasteiger partial charge in [0.2, 0.25) is 0 Å². The van der Waals surface area contributed by atoms with Crippen LogP contribution in [0.4, 0.5) is 14.4 Å². The molecule has 382 valence electrons. The highest BCUT2D eigenvalue weighted by atomic mass is 16.6. The highest BCUT2D eigenvalue weighted by Gasteiger charge is 2.42. The van der Waals surface area contributed by atoms with Crippen LogP contribution in [0.15, 0.2) is 78.9 Å². The van der Waals surface area contributed by atoms with Crippen molar-refractivity contribution in [2.45, 2.75) is 156 Å². The van der Waals surface area contributed by atoms with E-state index in [0.29, 0.717) is 64.0 Å². The summed E-state index contributed by atoms with van der Waals surface area (Å²) < 4.78 is 35.9. The molecule has 14 nitrogen and oxygen atoms in total. The Morgan fingerprint density at radius 3 is 1.51 bits per heavy atom. The van der Waals surface area contributed by atoms with Crippen LogP contribution in [-0.2, 0) is 52.7 Å². The summed E-state index contributed by atoms with van der Waals surface area (Å²) in [6.45, 7) is 24.2. The number of esters is 2. The largest absolute Gasteiger partial charge is 0.488 e. The molecule has 14 heteroatoms. The molecule has 3 aromatic rings. The van der Waals surface area contributed by atoms with E-state index in [0.717, 1.165) is 22.3 Å². The van der Waals surface area contributed by atoms with Crippen molar-refractivity contribution in [2.75, 3.05) is 32.7 Å². The van der Waals surface area contributed by atoms with Gasteiger partial charge in [-0.25, -0.2) is 14.4 Å². The lowest BCUT2D eigenvalue weighted by atomic mass is 9.85. The number of rotatable bonds is 13. The lowest BCUT2D eigenvalue weighted by Gasteiger charge is -2.28. The number of carbonyl (C=O) groups is 5. The third-order valence-electron chi connectivity index (χ3n) is 12.5. The fraction of sp³-hybridized carbons (Fsp3) is 0.589. The van der Waals surface area contributed by atoms with Crippen molar-refractivity contribution in [1.29, 1.82) is 0 Å². The molecule has 3 aliphatic heterocycles. The van der Waals surface area contributed by atoms with Gasteiger partial charge >= 0.3 is 30.2 Å². The van der Waals surface area contributed by atoms with Crippen LogP contribution in [0.3, 0.4) is 0 Å². The van der Waals surface area contributed by atoms with E-state index in [1.807, 2.05) is 162 Å². The normalized spacial score (nSPS) is 20.7. The minimum Gasteiger partial charge on any atom is -0.488 e. The smallest absolute Gasteiger partial charge is 0.410 e. The van der Waals surface area contributed by atoms with Crippen LogP contribution in [-0.4, -0.2) is 106 Å². The fourth-order valence-electron chi connectivity index (χ4n) is 9.43. The molecule has 3 amide bonds. The number of carbonyl (C=O) groups excluding carboxylic acids is 5. The second kappa shape index (κ2) is 22.1. The van der Waals surface area contributed by atoms with Gasteiger partial charge in [-0.05, 0) is 155 Å². The van der Waals surface area contributed by atoms with E-state index in [9.17, 15) is 24.0 Å². The lowest BCUT2D eigenvalue weighted by molar-refractivity contribution is -0.163. The molecular weight excluding hydrogens is 891 g/mol. The summed E-state index contributed by atoms with van der Waals surface area (Å²) in [4.78, 5) is 73.1. The van der Waals surface area contributed by atoms with E-state index >= 15 is 0 Å². The SMILES string of the molecule is CC(C)(C)OC(=O)[C@@H](Cc1cccc(O[C@H]2CC(c3cccc(C[C@H](C(=O)OC(C)(C)C)[C@H]4CCN(C(=O)OC(C)(C)C)C4)c3)N(C(=O)OCc3ccccc3)C2)c1)[C@H]1CCN(C(=O)OC(C)(C)C)C1. The van der Waals surface area contributed by atoms with Gasteiger partial charge in [-0.2, -0.15) is 0 Å². The predicted octanol–water partition coefficient (Wildman–Crippen LogP) is 10.7. The Labute approximate surface area is 415 Å². The maximum atomic E-state index is 14.1. The Morgan fingerprint density at radius 1 is 0.543 bits per heavy atom. The topological polar surface area (TPSA) is 150 Å². The van der Waals surface area contributed by atoms with Crippen LogP contribution in [0.2, 0.25) is 0 Å². The minimum atomic E-state index is -0.708. The zero-order chi connectivity index (χ0) is 51.2. The summed E-state index contributed by atoms with van der Waals surface area (Å²) >= 11 is 0. The van der Waals surface area contributed by atoms with Gasteiger partial charge in [0.05, 0.1) is 24.4 Å². The minimum absolute atomic E-state index is 0.102. The van der Waals surface area contributed by atoms with E-state index in [1.54, 1.807) is 14.7 Å². The van der Waals surface area contributed by atoms with Crippen LogP contribution >= 0.6 is 0 Å². The van der Waals surface area contributed by atoms with Crippen molar-refractivity contribution in [3.8, 4) is 5.75 Å². The zero-order valence-corrected chi connectivity index (χ0v) is 43.6.